The summed E-state index contributed by atoms with van der Waals surface area (Å²) in [6, 6.07) is 7.12. The molecule has 0 saturated heterocycles. The minimum Gasteiger partial charge on any atom is -0.462 e. The first kappa shape index (κ1) is 17.0. The van der Waals surface area contributed by atoms with Crippen LogP contribution in [0.1, 0.15) is 44.5 Å². The highest BCUT2D eigenvalue weighted by Gasteiger charge is 2.14. The van der Waals surface area contributed by atoms with E-state index in [4.69, 9.17) is 4.74 Å². The highest BCUT2D eigenvalue weighted by atomic mass is 16.5. The van der Waals surface area contributed by atoms with Gasteiger partial charge < -0.3 is 15.4 Å². The molecule has 0 aromatic heterocycles. The molecule has 0 spiro atoms. The van der Waals surface area contributed by atoms with Gasteiger partial charge in [0.05, 0.1) is 12.2 Å². The van der Waals surface area contributed by atoms with Crippen molar-refractivity contribution < 1.29 is 14.3 Å². The first-order chi connectivity index (χ1) is 9.83. The number of para-hydroxylation sites is 1. The number of ether oxygens (including phenoxy) is 1. The van der Waals surface area contributed by atoms with Gasteiger partial charge >= 0.3 is 5.97 Å². The number of nitrogens with one attached hydrogen (secondary N) is 2. The van der Waals surface area contributed by atoms with Crippen LogP contribution in [-0.4, -0.2) is 30.6 Å². The summed E-state index contributed by atoms with van der Waals surface area (Å²) < 4.78 is 5.00. The van der Waals surface area contributed by atoms with E-state index in [-0.39, 0.29) is 17.4 Å². The van der Waals surface area contributed by atoms with Crippen LogP contribution in [-0.2, 0) is 9.53 Å². The highest BCUT2D eigenvalue weighted by Crippen LogP contribution is 2.16. The summed E-state index contributed by atoms with van der Waals surface area (Å²) in [5.41, 5.74) is 0.926. The number of rotatable bonds is 6. The van der Waals surface area contributed by atoms with Gasteiger partial charge in [-0.2, -0.15) is 0 Å². The zero-order chi connectivity index (χ0) is 15.9. The molecule has 5 nitrogen and oxygen atoms in total. The van der Waals surface area contributed by atoms with Crippen molar-refractivity contribution in [3.8, 4) is 0 Å². The van der Waals surface area contributed by atoms with Crippen molar-refractivity contribution in [3.05, 3.63) is 29.8 Å². The molecule has 0 unspecified atom stereocenters. The molecule has 0 heterocycles. The van der Waals surface area contributed by atoms with Crippen molar-refractivity contribution in [1.29, 1.82) is 0 Å². The molecule has 116 valence electrons. The number of amides is 1. The van der Waals surface area contributed by atoms with Gasteiger partial charge in [-0.1, -0.05) is 12.1 Å². The minimum absolute atomic E-state index is 0.0244. The number of anilines is 1. The normalized spacial score (nSPS) is 10.9. The fourth-order valence-electron chi connectivity index (χ4n) is 1.82. The Morgan fingerprint density at radius 3 is 2.48 bits per heavy atom. The molecule has 21 heavy (non-hydrogen) atoms. The number of hydrogen-bond donors (Lipinski definition) is 2. The fraction of sp³-hybridized carbons (Fsp3) is 0.500. The Bertz CT molecular complexity index is 493. The van der Waals surface area contributed by atoms with Crippen LogP contribution in [0.5, 0.6) is 0 Å². The Hall–Kier alpha value is -2.04. The molecule has 1 aromatic rings. The van der Waals surface area contributed by atoms with Crippen molar-refractivity contribution in [2.45, 2.75) is 39.7 Å². The molecule has 0 atom stereocenters. The summed E-state index contributed by atoms with van der Waals surface area (Å²) in [5.74, 6) is -0.386. The smallest absolute Gasteiger partial charge is 0.340 e. The second-order valence-corrected chi connectivity index (χ2v) is 5.74. The van der Waals surface area contributed by atoms with Crippen molar-refractivity contribution >= 4 is 17.6 Å². The lowest BCUT2D eigenvalue weighted by molar-refractivity contribution is -0.122. The number of esters is 1. The van der Waals surface area contributed by atoms with Gasteiger partial charge in [-0.05, 0) is 39.8 Å². The maximum absolute atomic E-state index is 11.8. The third-order valence-corrected chi connectivity index (χ3v) is 2.60. The second-order valence-electron chi connectivity index (χ2n) is 5.74. The van der Waals surface area contributed by atoms with E-state index in [1.54, 1.807) is 25.1 Å². The zero-order valence-electron chi connectivity index (χ0n) is 13.2. The maximum atomic E-state index is 11.8. The van der Waals surface area contributed by atoms with Gasteiger partial charge in [-0.15, -0.1) is 0 Å². The number of carbonyl (C=O) groups excluding carboxylic acids is 2. The Kier molecular flexibility index (Phi) is 6.21. The Morgan fingerprint density at radius 1 is 1.19 bits per heavy atom. The van der Waals surface area contributed by atoms with E-state index in [0.717, 1.165) is 0 Å². The molecule has 0 bridgehead atoms. The van der Waals surface area contributed by atoms with Crippen molar-refractivity contribution in [2.24, 2.45) is 0 Å². The fourth-order valence-corrected chi connectivity index (χ4v) is 1.82. The largest absolute Gasteiger partial charge is 0.462 e. The van der Waals surface area contributed by atoms with E-state index >= 15 is 0 Å². The molecular weight excluding hydrogens is 268 g/mol. The standard InChI is InChI=1S/C16H24N2O3/c1-5-21-15(20)12-8-6-7-9-13(12)17-11-10-14(19)18-16(2,3)4/h6-9,17H,5,10-11H2,1-4H3,(H,18,19). The lowest BCUT2D eigenvalue weighted by Crippen LogP contribution is -2.41. The van der Waals surface area contributed by atoms with E-state index in [2.05, 4.69) is 10.6 Å². The summed E-state index contributed by atoms with van der Waals surface area (Å²) in [6.07, 6.45) is 0.342. The van der Waals surface area contributed by atoms with Crippen LogP contribution in [0.15, 0.2) is 24.3 Å². The van der Waals surface area contributed by atoms with E-state index in [9.17, 15) is 9.59 Å². The van der Waals surface area contributed by atoms with E-state index in [0.29, 0.717) is 30.8 Å². The summed E-state index contributed by atoms with van der Waals surface area (Å²) in [5, 5.41) is 6.00. The van der Waals surface area contributed by atoms with Crippen LogP contribution in [0.3, 0.4) is 0 Å². The van der Waals surface area contributed by atoms with Gasteiger partial charge in [-0.25, -0.2) is 4.79 Å². The topological polar surface area (TPSA) is 67.4 Å². The second kappa shape index (κ2) is 7.67. The highest BCUT2D eigenvalue weighted by molar-refractivity contribution is 5.95. The van der Waals surface area contributed by atoms with Crippen LogP contribution in [0, 0.1) is 0 Å². The Morgan fingerprint density at radius 2 is 1.86 bits per heavy atom. The Labute approximate surface area is 126 Å². The molecule has 2 N–H and O–H groups in total. The molecule has 0 fully saturated rings. The maximum Gasteiger partial charge on any atom is 0.340 e. The molecule has 0 aliphatic rings. The predicted molar refractivity (Wildman–Crippen MR) is 83.4 cm³/mol. The van der Waals surface area contributed by atoms with Crippen LogP contribution < -0.4 is 10.6 Å². The van der Waals surface area contributed by atoms with Crippen LogP contribution in [0.2, 0.25) is 0 Å². The van der Waals surface area contributed by atoms with Gasteiger partial charge in [-0.3, -0.25) is 4.79 Å². The summed E-state index contributed by atoms with van der Waals surface area (Å²) in [6.45, 7) is 8.38. The van der Waals surface area contributed by atoms with Crippen LogP contribution >= 0.6 is 0 Å². The monoisotopic (exact) mass is 292 g/mol. The van der Waals surface area contributed by atoms with Crippen LogP contribution in [0.25, 0.3) is 0 Å². The third kappa shape index (κ3) is 6.29. The van der Waals surface area contributed by atoms with Gasteiger partial charge in [0.25, 0.3) is 0 Å². The summed E-state index contributed by atoms with van der Waals surface area (Å²) in [4.78, 5) is 23.5. The molecule has 0 aliphatic heterocycles. The van der Waals surface area contributed by atoms with E-state index in [1.165, 1.54) is 0 Å². The van der Waals surface area contributed by atoms with Gasteiger partial charge in [0, 0.05) is 24.2 Å². The molecule has 0 saturated carbocycles. The van der Waals surface area contributed by atoms with Crippen molar-refractivity contribution in [1.82, 2.24) is 5.32 Å². The SMILES string of the molecule is CCOC(=O)c1ccccc1NCCC(=O)NC(C)(C)C. The number of carbonyl (C=O) groups is 2. The third-order valence-electron chi connectivity index (χ3n) is 2.60. The summed E-state index contributed by atoms with van der Waals surface area (Å²) >= 11 is 0. The minimum atomic E-state index is -0.361. The van der Waals surface area contributed by atoms with Crippen LogP contribution in [0.4, 0.5) is 5.69 Å². The van der Waals surface area contributed by atoms with Crippen molar-refractivity contribution in [3.63, 3.8) is 0 Å². The average molecular weight is 292 g/mol. The quantitative estimate of drug-likeness (QED) is 0.791. The molecular formula is C16H24N2O3. The molecule has 1 aromatic carbocycles. The first-order valence-electron chi connectivity index (χ1n) is 7.14. The first-order valence-corrected chi connectivity index (χ1v) is 7.14. The number of benzene rings is 1. The zero-order valence-corrected chi connectivity index (χ0v) is 13.2. The van der Waals surface area contributed by atoms with Gasteiger partial charge in [0.2, 0.25) is 5.91 Å². The average Bonchev–Trinajstić information content (AvgIpc) is 2.37. The number of hydrogen-bond acceptors (Lipinski definition) is 4. The molecule has 5 heteroatoms. The predicted octanol–water partition coefficient (Wildman–Crippen LogP) is 2.58. The van der Waals surface area contributed by atoms with E-state index in [1.807, 2.05) is 26.8 Å². The molecule has 1 amide bonds. The lowest BCUT2D eigenvalue weighted by atomic mass is 10.1. The van der Waals surface area contributed by atoms with Crippen molar-refractivity contribution in [2.75, 3.05) is 18.5 Å². The molecule has 0 aliphatic carbocycles. The molecule has 0 radical (unpaired) electrons. The summed E-state index contributed by atoms with van der Waals surface area (Å²) in [7, 11) is 0. The lowest BCUT2D eigenvalue weighted by Gasteiger charge is -2.20. The van der Waals surface area contributed by atoms with Gasteiger partial charge in [0.15, 0.2) is 0 Å². The Balaban J connectivity index is 2.56. The van der Waals surface area contributed by atoms with Gasteiger partial charge in [0.1, 0.15) is 0 Å². The molecule has 1 rings (SSSR count). The van der Waals surface area contributed by atoms with E-state index < -0.39 is 0 Å².